The molecule has 3 N–H and O–H groups in total. The first kappa shape index (κ1) is 23.8. The summed E-state index contributed by atoms with van der Waals surface area (Å²) in [7, 11) is 0. The van der Waals surface area contributed by atoms with Gasteiger partial charge >= 0.3 is 0 Å². The third kappa shape index (κ3) is 6.55. The van der Waals surface area contributed by atoms with E-state index in [1.165, 1.54) is 6.42 Å². The van der Waals surface area contributed by atoms with Gasteiger partial charge in [-0.2, -0.15) is 0 Å². The lowest BCUT2D eigenvalue weighted by atomic mass is 9.88. The Morgan fingerprint density at radius 2 is 1.97 bits per heavy atom. The second-order valence-electron chi connectivity index (χ2n) is 7.99. The summed E-state index contributed by atoms with van der Waals surface area (Å²) in [5.41, 5.74) is 8.14. The Labute approximate surface area is 205 Å². The molecule has 1 aliphatic carbocycles. The lowest BCUT2D eigenvalue weighted by Gasteiger charge is -2.35. The van der Waals surface area contributed by atoms with Crippen molar-refractivity contribution in [2.45, 2.75) is 38.6 Å². The maximum Gasteiger partial charge on any atom is 0.227 e. The van der Waals surface area contributed by atoms with Crippen molar-refractivity contribution in [3.63, 3.8) is 0 Å². The molecule has 9 heteroatoms. The van der Waals surface area contributed by atoms with Crippen molar-refractivity contribution >= 4 is 58.0 Å². The minimum Gasteiger partial charge on any atom is -0.370 e. The molecule has 0 atom stereocenters. The Morgan fingerprint density at radius 1 is 1.19 bits per heavy atom. The van der Waals surface area contributed by atoms with Crippen molar-refractivity contribution in [3.05, 3.63) is 41.4 Å². The zero-order chi connectivity index (χ0) is 20.8. The maximum absolute atomic E-state index is 12.5. The van der Waals surface area contributed by atoms with Gasteiger partial charge in [-0.1, -0.05) is 31.4 Å². The van der Waals surface area contributed by atoms with Crippen LogP contribution in [0.3, 0.4) is 0 Å². The largest absolute Gasteiger partial charge is 0.370 e. The fourth-order valence-corrected chi connectivity index (χ4v) is 4.82. The molecule has 1 aromatic carbocycles. The Morgan fingerprint density at radius 3 is 2.68 bits per heavy atom. The summed E-state index contributed by atoms with van der Waals surface area (Å²) >= 11 is 1.67. The molecule has 0 spiro atoms. The first-order valence-corrected chi connectivity index (χ1v) is 11.7. The average Bonchev–Trinajstić information content (AvgIpc) is 3.33. The number of thiazole rings is 1. The Balaban J connectivity index is 0.00000272. The number of nitrogens with two attached hydrogens (primary N) is 1. The van der Waals surface area contributed by atoms with E-state index in [0.29, 0.717) is 12.5 Å². The van der Waals surface area contributed by atoms with Crippen molar-refractivity contribution in [1.82, 2.24) is 9.88 Å². The zero-order valence-corrected chi connectivity index (χ0v) is 20.9. The standard InChI is InChI=1S/C22H30N6OS.HI/c23-21(27-10-12-28(13-11-27)22-24-9-14-30-22)25-16-17-5-4-8-19(15-17)26-20(29)18-6-2-1-3-7-18;/h4-5,8-9,14-15,18H,1-3,6-7,10-13,16H2,(H2,23,25)(H,26,29);1H. The molecule has 0 bridgehead atoms. The predicted molar refractivity (Wildman–Crippen MR) is 138 cm³/mol. The number of carbonyl (C=O) groups excluding carboxylic acids is 1. The van der Waals surface area contributed by atoms with Gasteiger partial charge in [-0.15, -0.1) is 35.3 Å². The van der Waals surface area contributed by atoms with Crippen LogP contribution in [-0.4, -0.2) is 47.9 Å². The van der Waals surface area contributed by atoms with E-state index in [9.17, 15) is 4.79 Å². The minimum absolute atomic E-state index is 0. The number of nitrogens with one attached hydrogen (secondary N) is 1. The molecule has 0 unspecified atom stereocenters. The number of carbonyl (C=O) groups is 1. The number of anilines is 2. The molecule has 2 heterocycles. The second-order valence-corrected chi connectivity index (χ2v) is 8.86. The van der Waals surface area contributed by atoms with E-state index in [4.69, 9.17) is 5.73 Å². The summed E-state index contributed by atoms with van der Waals surface area (Å²) in [5, 5.41) is 6.15. The molecule has 4 rings (SSSR count). The fraction of sp³-hybridized carbons (Fsp3) is 0.500. The number of nitrogens with zero attached hydrogens (tertiary/aromatic N) is 4. The predicted octanol–water partition coefficient (Wildman–Crippen LogP) is 3.92. The van der Waals surface area contributed by atoms with Gasteiger partial charge in [0.05, 0.1) is 6.54 Å². The van der Waals surface area contributed by atoms with Crippen LogP contribution < -0.4 is 16.0 Å². The van der Waals surface area contributed by atoms with Gasteiger partial charge < -0.3 is 20.9 Å². The summed E-state index contributed by atoms with van der Waals surface area (Å²) in [6.07, 6.45) is 7.41. The Bertz CT molecular complexity index is 861. The fourth-order valence-electron chi connectivity index (χ4n) is 4.13. The van der Waals surface area contributed by atoms with E-state index in [-0.39, 0.29) is 35.8 Å². The SMILES string of the molecule is I.NC(=NCc1cccc(NC(=O)C2CCCCC2)c1)N1CCN(c2nccs2)CC1. The van der Waals surface area contributed by atoms with Crippen LogP contribution in [0, 0.1) is 5.92 Å². The monoisotopic (exact) mass is 554 g/mol. The van der Waals surface area contributed by atoms with Crippen molar-refractivity contribution in [1.29, 1.82) is 0 Å². The number of aromatic nitrogens is 1. The van der Waals surface area contributed by atoms with Crippen LogP contribution in [0.25, 0.3) is 0 Å². The second kappa shape index (κ2) is 11.7. The highest BCUT2D eigenvalue weighted by atomic mass is 127. The molecule has 2 fully saturated rings. The summed E-state index contributed by atoms with van der Waals surface area (Å²) in [5.74, 6) is 0.873. The van der Waals surface area contributed by atoms with Gasteiger partial charge in [0.2, 0.25) is 5.91 Å². The highest BCUT2D eigenvalue weighted by molar-refractivity contribution is 14.0. The first-order chi connectivity index (χ1) is 14.7. The van der Waals surface area contributed by atoms with Gasteiger partial charge in [-0.3, -0.25) is 4.79 Å². The third-order valence-corrected chi connectivity index (χ3v) is 6.72. The van der Waals surface area contributed by atoms with E-state index >= 15 is 0 Å². The molecule has 1 saturated carbocycles. The summed E-state index contributed by atoms with van der Waals surface area (Å²) in [6.45, 7) is 3.98. The average molecular weight is 555 g/mol. The molecule has 0 radical (unpaired) electrons. The number of piperazine rings is 1. The number of hydrogen-bond acceptors (Lipinski definition) is 5. The maximum atomic E-state index is 12.5. The normalized spacial score (nSPS) is 17.9. The zero-order valence-electron chi connectivity index (χ0n) is 17.7. The molecular formula is C22H31IN6OS. The molecule has 31 heavy (non-hydrogen) atoms. The van der Waals surface area contributed by atoms with Crippen molar-refractivity contribution in [2.24, 2.45) is 16.6 Å². The van der Waals surface area contributed by atoms with E-state index in [1.807, 2.05) is 35.8 Å². The van der Waals surface area contributed by atoms with E-state index < -0.39 is 0 Å². The number of aliphatic imine (C=N–C) groups is 1. The van der Waals surface area contributed by atoms with Gasteiger partial charge in [-0.25, -0.2) is 9.98 Å². The summed E-state index contributed by atoms with van der Waals surface area (Å²) in [4.78, 5) is 25.9. The molecule has 1 amide bonds. The van der Waals surface area contributed by atoms with Gasteiger partial charge in [0.25, 0.3) is 0 Å². The summed E-state index contributed by atoms with van der Waals surface area (Å²) < 4.78 is 0. The van der Waals surface area contributed by atoms with Crippen LogP contribution in [-0.2, 0) is 11.3 Å². The smallest absolute Gasteiger partial charge is 0.227 e. The molecule has 168 valence electrons. The third-order valence-electron chi connectivity index (χ3n) is 5.89. The number of rotatable bonds is 5. The highest BCUT2D eigenvalue weighted by Gasteiger charge is 2.21. The first-order valence-electron chi connectivity index (χ1n) is 10.8. The minimum atomic E-state index is 0. The molecule has 2 aliphatic rings. The molecule has 1 aromatic heterocycles. The topological polar surface area (TPSA) is 86.8 Å². The molecular weight excluding hydrogens is 523 g/mol. The quantitative estimate of drug-likeness (QED) is 0.333. The van der Waals surface area contributed by atoms with Gasteiger partial charge in [0, 0.05) is 49.4 Å². The van der Waals surface area contributed by atoms with Crippen molar-refractivity contribution < 1.29 is 4.79 Å². The van der Waals surface area contributed by atoms with Gasteiger partial charge in [0.15, 0.2) is 11.1 Å². The van der Waals surface area contributed by atoms with Crippen LogP contribution in [0.4, 0.5) is 10.8 Å². The van der Waals surface area contributed by atoms with Gasteiger partial charge in [-0.05, 0) is 30.5 Å². The van der Waals surface area contributed by atoms with E-state index in [2.05, 4.69) is 25.1 Å². The van der Waals surface area contributed by atoms with E-state index in [0.717, 1.165) is 68.2 Å². The summed E-state index contributed by atoms with van der Waals surface area (Å²) in [6, 6.07) is 7.92. The lowest BCUT2D eigenvalue weighted by molar-refractivity contribution is -0.120. The van der Waals surface area contributed by atoms with Crippen LogP contribution in [0.15, 0.2) is 40.8 Å². The molecule has 7 nitrogen and oxygen atoms in total. The number of benzene rings is 1. The van der Waals surface area contributed by atoms with Crippen molar-refractivity contribution in [3.8, 4) is 0 Å². The van der Waals surface area contributed by atoms with Crippen molar-refractivity contribution in [2.75, 3.05) is 36.4 Å². The number of amides is 1. The molecule has 1 aliphatic heterocycles. The lowest BCUT2D eigenvalue weighted by Crippen LogP contribution is -2.51. The number of guanidine groups is 1. The Kier molecular flexibility index (Phi) is 8.94. The van der Waals surface area contributed by atoms with Gasteiger partial charge in [0.1, 0.15) is 0 Å². The van der Waals surface area contributed by atoms with Crippen LogP contribution in [0.5, 0.6) is 0 Å². The number of hydrogen-bond donors (Lipinski definition) is 2. The van der Waals surface area contributed by atoms with Crippen LogP contribution in [0.2, 0.25) is 0 Å². The number of halogens is 1. The van der Waals surface area contributed by atoms with E-state index in [1.54, 1.807) is 11.3 Å². The van der Waals surface area contributed by atoms with Crippen LogP contribution >= 0.6 is 35.3 Å². The molecule has 2 aromatic rings. The molecule has 1 saturated heterocycles. The Hall–Kier alpha value is -1.88. The van der Waals surface area contributed by atoms with Crippen LogP contribution in [0.1, 0.15) is 37.7 Å². The highest BCUT2D eigenvalue weighted by Crippen LogP contribution is 2.25.